The molecule has 3 rings (SSSR count). The first-order valence-corrected chi connectivity index (χ1v) is 40.7. The van der Waals surface area contributed by atoms with Crippen LogP contribution < -0.4 is 42.5 Å². The van der Waals surface area contributed by atoms with E-state index in [1.807, 2.05) is 13.8 Å². The molecular weight excluding hydrogens is 1560 g/mol. The van der Waals surface area contributed by atoms with E-state index in [9.17, 15) is 109 Å². The van der Waals surface area contributed by atoms with E-state index in [2.05, 4.69) is 66.7 Å². The van der Waals surface area contributed by atoms with Crippen LogP contribution in [0.5, 0.6) is 0 Å². The summed E-state index contributed by atoms with van der Waals surface area (Å²) in [6, 6.07) is 0. The molecule has 3 aliphatic rings. The number of allylic oxidation sites excluding steroid dienone is 1. The number of aliphatic hydroxyl groups is 12. The number of hydrogen-bond donors (Lipinski definition) is 21. The number of ether oxygens (including phenoxy) is 9. The molecule has 10 unspecified atom stereocenters. The van der Waals surface area contributed by atoms with Gasteiger partial charge in [0.1, 0.15) is 78.8 Å². The number of phosphoric ester groups is 1. The lowest BCUT2D eigenvalue weighted by molar-refractivity contribution is -0.301. The molecule has 3 aliphatic heterocycles. The van der Waals surface area contributed by atoms with Crippen LogP contribution in [0.2, 0.25) is 0 Å². The Morgan fingerprint density at radius 1 is 0.379 bits per heavy atom. The van der Waals surface area contributed by atoms with Crippen LogP contribution in [0.4, 0.5) is 0 Å². The average Bonchev–Trinajstić information content (AvgIpc) is 0.824. The average molecular weight is 1690 g/mol. The summed E-state index contributed by atoms with van der Waals surface area (Å²) in [6.07, 6.45) is -18.7. The molecule has 0 aromatic heterocycles. The summed E-state index contributed by atoms with van der Waals surface area (Å²) >= 11 is 0. The molecule has 8 amide bonds. The summed E-state index contributed by atoms with van der Waals surface area (Å²) in [5.74, 6) is 2.35. The highest BCUT2D eigenvalue weighted by atomic mass is 31.2. The third-order valence-corrected chi connectivity index (χ3v) is 18.7. The first-order valence-electron chi connectivity index (χ1n) is 39.2. The van der Waals surface area contributed by atoms with Crippen LogP contribution in [0, 0.1) is 11.8 Å². The number of carbonyl (C=O) groups is 8. The summed E-state index contributed by atoms with van der Waals surface area (Å²) in [4.78, 5) is 114. The number of phosphoric acid groups is 1. The van der Waals surface area contributed by atoms with Crippen LogP contribution in [0.1, 0.15) is 143 Å². The van der Waals surface area contributed by atoms with Gasteiger partial charge in [-0.2, -0.15) is 0 Å². The number of rotatable bonds is 61. The van der Waals surface area contributed by atoms with Crippen LogP contribution in [0.25, 0.3) is 0 Å². The molecule has 0 radical (unpaired) electrons. The normalized spacial score (nSPS) is 24.2. The fourth-order valence-electron chi connectivity index (χ4n) is 11.3. The highest BCUT2D eigenvalue weighted by Crippen LogP contribution is 2.43. The van der Waals surface area contributed by atoms with Gasteiger partial charge in [-0.25, -0.2) is 4.57 Å². The van der Waals surface area contributed by atoms with Crippen molar-refractivity contribution in [1.82, 2.24) is 42.5 Å². The van der Waals surface area contributed by atoms with E-state index in [0.717, 1.165) is 5.57 Å². The van der Waals surface area contributed by atoms with Gasteiger partial charge in [-0.05, 0) is 84.1 Å². The highest BCUT2D eigenvalue weighted by Gasteiger charge is 2.47. The second-order valence-corrected chi connectivity index (χ2v) is 29.7. The smallest absolute Gasteiger partial charge is 0.394 e. The molecule has 0 spiro atoms. The zero-order valence-corrected chi connectivity index (χ0v) is 67.5. The molecule has 0 aromatic carbocycles. The van der Waals surface area contributed by atoms with Crippen LogP contribution >= 0.6 is 7.82 Å². The Bertz CT molecular complexity index is 2890. The molecule has 21 N–H and O–H groups in total. The Morgan fingerprint density at radius 3 is 1.04 bits per heavy atom. The first kappa shape index (κ1) is 104. The quantitative estimate of drug-likeness (QED) is 0.0117. The Morgan fingerprint density at radius 2 is 0.698 bits per heavy atom. The van der Waals surface area contributed by atoms with Crippen molar-refractivity contribution in [2.75, 3.05) is 138 Å². The van der Waals surface area contributed by atoms with Gasteiger partial charge in [0.25, 0.3) is 0 Å². The maximum Gasteiger partial charge on any atom is 0.472 e. The third kappa shape index (κ3) is 44.2. The fraction of sp³-hybridized carbons (Fsp3) is 0.797. The van der Waals surface area contributed by atoms with Crippen LogP contribution in [-0.2, 0) is 94.6 Å². The lowest BCUT2D eigenvalue weighted by Crippen LogP contribution is -2.59. The number of unbranched alkanes of at least 4 members (excludes halogenated alkanes) is 3. The Kier molecular flexibility index (Phi) is 53.4. The van der Waals surface area contributed by atoms with Gasteiger partial charge in [0.05, 0.1) is 92.5 Å². The molecule has 16 atom stereocenters. The van der Waals surface area contributed by atoms with Crippen molar-refractivity contribution < 1.29 is 161 Å². The Balaban J connectivity index is 1.59. The van der Waals surface area contributed by atoms with E-state index < -0.39 is 149 Å². The lowest BCUT2D eigenvalue weighted by Gasteiger charge is -2.39. The maximum atomic E-state index is 14.0. The summed E-state index contributed by atoms with van der Waals surface area (Å²) < 4.78 is 72.8. The molecule has 3 heterocycles. The first-order chi connectivity index (χ1) is 55.3. The van der Waals surface area contributed by atoms with Crippen LogP contribution in [-0.4, -0.2) is 349 Å². The van der Waals surface area contributed by atoms with Gasteiger partial charge in [0.2, 0.25) is 47.3 Å². The van der Waals surface area contributed by atoms with Gasteiger partial charge in [-0.3, -0.25) is 47.4 Å². The Hall–Kier alpha value is -6.15. The van der Waals surface area contributed by atoms with Crippen molar-refractivity contribution in [1.29, 1.82) is 0 Å². The second kappa shape index (κ2) is 59.5. The number of aliphatic hydroxyl groups excluding tert-OH is 12. The topological polar surface area (TPSA) is 614 Å². The number of carbonyl (C=O) groups excluding carboxylic acids is 8. The van der Waals surface area contributed by atoms with E-state index in [1.54, 1.807) is 6.92 Å². The van der Waals surface area contributed by atoms with Gasteiger partial charge < -0.3 is 151 Å². The summed E-state index contributed by atoms with van der Waals surface area (Å²) in [6.45, 7) is 6.47. The van der Waals surface area contributed by atoms with Gasteiger partial charge in [-0.1, -0.05) is 31.3 Å². The maximum absolute atomic E-state index is 14.0. The zero-order chi connectivity index (χ0) is 85.9. The summed E-state index contributed by atoms with van der Waals surface area (Å²) in [5, 5.41) is 141. The number of nitrogens with one attached hydrogen (secondary N) is 8. The molecule has 42 heteroatoms. The third-order valence-electron chi connectivity index (χ3n) is 17.7. The van der Waals surface area contributed by atoms with Crippen molar-refractivity contribution in [3.05, 3.63) is 29.0 Å². The van der Waals surface area contributed by atoms with Crippen molar-refractivity contribution in [3.8, 4) is 11.8 Å². The van der Waals surface area contributed by atoms with Crippen molar-refractivity contribution in [2.45, 2.75) is 240 Å². The van der Waals surface area contributed by atoms with E-state index in [-0.39, 0.29) is 218 Å². The SMILES string of the molecule is C=C(C#CC(C)=C=C(C)C)COP(=O)(O)OCCCCCCNC(=O)CCCC(=O)NC(COCCC(=O)NCCCNC(=O)CCCO[C@@H]1OC(CO)[C@@H](O)C(O)C1O)(COCCC(=O)NCCCNC(=O)CCCO[C@@H]1OC(CO)[C@@H](O)C(O)C1O)COCCC(=O)NCCCNC(=O)CCCO[C@@H]1OC(CO)[C@@H](O)C(O)C1O. The number of amides is 8. The lowest BCUT2D eigenvalue weighted by atomic mass is 9.99. The number of hydrogen-bond acceptors (Lipinski definition) is 32. The molecule has 0 aromatic rings. The molecule has 0 saturated carbocycles. The van der Waals surface area contributed by atoms with E-state index in [0.29, 0.717) is 57.1 Å². The van der Waals surface area contributed by atoms with Gasteiger partial charge in [-0.15, -0.1) is 5.73 Å². The van der Waals surface area contributed by atoms with Crippen LogP contribution in [0.3, 0.4) is 0 Å². The summed E-state index contributed by atoms with van der Waals surface area (Å²) in [7, 11) is -4.37. The monoisotopic (exact) mass is 1690 g/mol. The minimum atomic E-state index is -4.37. The molecular formula is C74H127N8O33P. The molecule has 0 aliphatic carbocycles. The minimum Gasteiger partial charge on any atom is -0.394 e. The van der Waals surface area contributed by atoms with Crippen molar-refractivity contribution >= 4 is 55.1 Å². The molecule has 0 bridgehead atoms. The van der Waals surface area contributed by atoms with Gasteiger partial charge >= 0.3 is 7.82 Å². The molecule has 666 valence electrons. The van der Waals surface area contributed by atoms with E-state index in [1.165, 1.54) is 0 Å². The van der Waals surface area contributed by atoms with Gasteiger partial charge in [0.15, 0.2) is 18.9 Å². The Labute approximate surface area is 675 Å². The molecule has 3 saturated heterocycles. The van der Waals surface area contributed by atoms with Crippen LogP contribution in [0.15, 0.2) is 29.0 Å². The zero-order valence-electron chi connectivity index (χ0n) is 66.6. The molecule has 3 fully saturated rings. The highest BCUT2D eigenvalue weighted by molar-refractivity contribution is 7.47. The predicted octanol–water partition coefficient (Wildman–Crippen LogP) is -5.23. The fourth-order valence-corrected chi connectivity index (χ4v) is 12.0. The standard InChI is InChI=1S/C74H127N8O33P/c1-48(2)40-49(3)21-22-50(4)44-112-116(103,104)111-36-8-6-5-7-26-75-54(86)16-9-17-61(93)82-74(45-105-37-23-58(90)79-30-13-27-76-55(87)18-10-33-108-71-68(100)65(97)62(94)51(41-83)113-71,46-106-38-24-59(91)80-31-14-28-77-56(88)19-11-34-109-72-69(101)66(98)63(95)52(42-84)114-72)47-107-39-25-60(92)81-32-15-29-78-57(89)20-12-35-110-73-70(102)67(99)64(96)53(43-85)115-73/h51-53,62-73,83-85,94-102H,4-20,23-39,41-47H2,1-3H3,(H,75,86)(H,76,87)(H,77,88)(H,78,89)(H,79,90)(H,80,91)(H,81,92)(H,82,93)(H,103,104)/t51?,52?,53?,62-,63-,64-,65?,66?,67?,68?,69?,70?,71-,72-,73-,74?/m1/s1. The molecule has 116 heavy (non-hydrogen) atoms. The minimum absolute atomic E-state index is 0.0119. The van der Waals surface area contributed by atoms with Gasteiger partial charge in [0, 0.05) is 108 Å². The van der Waals surface area contributed by atoms with Crippen molar-refractivity contribution in [3.63, 3.8) is 0 Å². The van der Waals surface area contributed by atoms with E-state index in [4.69, 9.17) is 51.7 Å². The molecule has 41 nitrogen and oxygen atoms in total. The predicted molar refractivity (Wildman–Crippen MR) is 407 cm³/mol. The van der Waals surface area contributed by atoms with Crippen molar-refractivity contribution in [2.24, 2.45) is 0 Å². The largest absolute Gasteiger partial charge is 0.472 e. The van der Waals surface area contributed by atoms with E-state index >= 15 is 0 Å². The summed E-state index contributed by atoms with van der Waals surface area (Å²) in [5.41, 5.74) is 3.37. The second-order valence-electron chi connectivity index (χ2n) is 28.2.